The number of carbonyl (C=O) groups excluding carboxylic acids is 4. The van der Waals surface area contributed by atoms with E-state index in [2.05, 4.69) is 49.0 Å². The van der Waals surface area contributed by atoms with E-state index in [0.29, 0.717) is 165 Å². The van der Waals surface area contributed by atoms with Gasteiger partial charge < -0.3 is 40.2 Å². The maximum Gasteiger partial charge on any atom is 0.269 e. The van der Waals surface area contributed by atoms with Crippen LogP contribution in [0.25, 0.3) is 24.3 Å². The zero-order chi connectivity index (χ0) is 74.1. The van der Waals surface area contributed by atoms with Crippen LogP contribution in [0.3, 0.4) is 0 Å². The van der Waals surface area contributed by atoms with Crippen molar-refractivity contribution in [2.45, 2.75) is 105 Å². The third kappa shape index (κ3) is 21.7. The van der Waals surface area contributed by atoms with Crippen LogP contribution in [0, 0.1) is 40.5 Å². The molecule has 0 radical (unpaired) electrons. The molecule has 8 aromatic carbocycles. The molecule has 8 bridgehead atoms. The second-order valence-corrected chi connectivity index (χ2v) is 24.7. The minimum Gasteiger partial charge on any atom is -0.493 e. The third-order valence-electron chi connectivity index (χ3n) is 16.7. The van der Waals surface area contributed by atoms with Crippen LogP contribution in [0.5, 0.6) is 23.0 Å². The van der Waals surface area contributed by atoms with Gasteiger partial charge >= 0.3 is 0 Å². The highest BCUT2D eigenvalue weighted by Gasteiger charge is 2.25. The molecule has 1 aliphatic rings. The predicted molar refractivity (Wildman–Crippen MR) is 402 cm³/mol. The smallest absolute Gasteiger partial charge is 0.269 e. The Hall–Kier alpha value is -12.6. The van der Waals surface area contributed by atoms with E-state index in [-0.39, 0.29) is 48.4 Å². The number of unbranched alkanes of at least 4 members (excludes halogenated alkanes) is 4. The number of ether oxygens (including phenoxy) is 4. The summed E-state index contributed by atoms with van der Waals surface area (Å²) >= 11 is 0. The highest BCUT2D eigenvalue weighted by Crippen LogP contribution is 2.42. The number of carbonyl (C=O) groups is 4. The minimum atomic E-state index is -0.530. The molecular formula is C80H80N8O16. The molecule has 0 atom stereocenters. The first-order valence-corrected chi connectivity index (χ1v) is 34.3. The van der Waals surface area contributed by atoms with E-state index in [1.54, 1.807) is 24.3 Å². The van der Waals surface area contributed by atoms with Crippen molar-refractivity contribution in [2.75, 3.05) is 47.7 Å². The molecule has 0 spiro atoms. The van der Waals surface area contributed by atoms with E-state index >= 15 is 0 Å². The number of fused-ring (bicyclic) bond motifs is 8. The summed E-state index contributed by atoms with van der Waals surface area (Å²) < 4.78 is 28.0. The molecule has 0 aliphatic heterocycles. The number of hydrogen-bond donors (Lipinski definition) is 4. The van der Waals surface area contributed by atoms with Gasteiger partial charge in [0.05, 0.1) is 46.1 Å². The summed E-state index contributed by atoms with van der Waals surface area (Å²) in [5, 5.41) is 57.2. The Bertz CT molecular complexity index is 3910. The first-order valence-electron chi connectivity index (χ1n) is 34.3. The van der Waals surface area contributed by atoms with Gasteiger partial charge in [0.2, 0.25) is 23.6 Å². The summed E-state index contributed by atoms with van der Waals surface area (Å²) in [4.78, 5) is 99.4. The van der Waals surface area contributed by atoms with E-state index in [9.17, 15) is 59.6 Å². The molecule has 8 aromatic rings. The summed E-state index contributed by atoms with van der Waals surface area (Å²) in [6, 6.07) is 37.4. The molecular weight excluding hydrogens is 1330 g/mol. The number of nitrogens with one attached hydrogen (secondary N) is 4. The van der Waals surface area contributed by atoms with Gasteiger partial charge in [-0.1, -0.05) is 53.4 Å². The Morgan fingerprint density at radius 1 is 0.317 bits per heavy atom. The Balaban J connectivity index is 1.31. The molecule has 0 heterocycles. The zero-order valence-electron chi connectivity index (χ0n) is 58.1. The second kappa shape index (κ2) is 37.2. The average Bonchev–Trinajstić information content (AvgIpc) is 0.773. The number of nitro benzene ring substituents is 4. The van der Waals surface area contributed by atoms with Gasteiger partial charge in [0.25, 0.3) is 22.7 Å². The third-order valence-corrected chi connectivity index (χ3v) is 16.7. The van der Waals surface area contributed by atoms with E-state index in [1.165, 1.54) is 121 Å². The molecule has 4 amide bonds. The lowest BCUT2D eigenvalue weighted by molar-refractivity contribution is -0.385. The number of nitrogens with zero attached hydrogens (tertiary/aromatic N) is 4. The van der Waals surface area contributed by atoms with Gasteiger partial charge in [0.15, 0.2) is 0 Å². The molecule has 9 rings (SSSR count). The summed E-state index contributed by atoms with van der Waals surface area (Å²) in [6.07, 6.45) is 18.6. The van der Waals surface area contributed by atoms with Crippen LogP contribution < -0.4 is 40.2 Å². The molecule has 24 heteroatoms. The standard InChI is InChI=1S/C80H80N8O16/c1-5-9-37-101-77-57-41-53(13-33-73(89)81-65-17-25-69(26-18-65)85(93)94)42-58(77)50-60-44-55(15-35-75(91)83-67-21-29-71(30-22-67)87(97)98)46-62(79(60)103-39-11-7-3)52-64-48-56(16-36-76(92)84-68-23-31-72(32-24-68)88(99)100)47-63(80(64)104-40-12-8-4)51-61-45-54(43-59(49-57)78(61)102-38-10-6-2)14-34-74(90)82-66-19-27-70(28-20-66)86(95)96/h13-36,41-48H,5-12,37-40,49-52H2,1-4H3,(H,81,89)(H,82,90)(H,83,91)(H,84,92). The van der Waals surface area contributed by atoms with Gasteiger partial charge in [0.1, 0.15) is 23.0 Å². The summed E-state index contributed by atoms with van der Waals surface area (Å²) in [7, 11) is 0. The fraction of sp³-hybridized carbons (Fsp3) is 0.250. The highest BCUT2D eigenvalue weighted by molar-refractivity contribution is 6.04. The van der Waals surface area contributed by atoms with Crippen LogP contribution in [-0.2, 0) is 44.9 Å². The van der Waals surface area contributed by atoms with Crippen molar-refractivity contribution < 1.29 is 57.8 Å². The van der Waals surface area contributed by atoms with Gasteiger partial charge in [-0.2, -0.15) is 0 Å². The van der Waals surface area contributed by atoms with Crippen LogP contribution >= 0.6 is 0 Å². The number of amides is 4. The van der Waals surface area contributed by atoms with Crippen molar-refractivity contribution in [1.29, 1.82) is 0 Å². The molecule has 0 fully saturated rings. The van der Waals surface area contributed by atoms with Crippen molar-refractivity contribution in [3.8, 4) is 23.0 Å². The van der Waals surface area contributed by atoms with Gasteiger partial charge in [-0.3, -0.25) is 59.6 Å². The van der Waals surface area contributed by atoms with Crippen LogP contribution in [0.1, 0.15) is 146 Å². The normalized spacial score (nSPS) is 11.9. The van der Waals surface area contributed by atoms with Gasteiger partial charge in [-0.25, -0.2) is 0 Å². The Morgan fingerprint density at radius 2 is 0.490 bits per heavy atom. The van der Waals surface area contributed by atoms with E-state index < -0.39 is 43.3 Å². The Kier molecular flexibility index (Phi) is 27.0. The lowest BCUT2D eigenvalue weighted by Crippen LogP contribution is -2.12. The van der Waals surface area contributed by atoms with Crippen LogP contribution in [0.2, 0.25) is 0 Å². The SMILES string of the molecule is CCCCOc1c2cc(C=CC(=O)Nc3ccc([N+](=O)[O-])cc3)cc1Cc1cc(C=CC(=O)Nc3ccc([N+](=O)[O-])cc3)cc(c1OCCCC)Cc1cc(C=CC(=O)Nc3ccc([N+](=O)[O-])cc3)cc(c1OCCCC)Cc1cc(C=CC(=O)Nc3ccc([N+](=O)[O-])cc3)cc(c1OCCCC)C2. The van der Waals surface area contributed by atoms with E-state index in [4.69, 9.17) is 18.9 Å². The van der Waals surface area contributed by atoms with Crippen molar-refractivity contribution in [1.82, 2.24) is 0 Å². The number of anilines is 4. The minimum absolute atomic E-state index is 0.145. The fourth-order valence-corrected chi connectivity index (χ4v) is 11.5. The molecule has 0 saturated carbocycles. The fourth-order valence-electron chi connectivity index (χ4n) is 11.5. The molecule has 0 saturated heterocycles. The average molecular weight is 1410 g/mol. The molecule has 24 nitrogen and oxygen atoms in total. The first kappa shape index (κ1) is 75.6. The molecule has 0 aromatic heterocycles. The van der Waals surface area contributed by atoms with Crippen molar-refractivity contribution in [3.63, 3.8) is 0 Å². The maximum absolute atomic E-state index is 13.9. The van der Waals surface area contributed by atoms with Crippen LogP contribution in [0.4, 0.5) is 45.5 Å². The number of nitro groups is 4. The second-order valence-electron chi connectivity index (χ2n) is 24.7. The summed E-state index contributed by atoms with van der Waals surface area (Å²) in [5.74, 6) is 0.0728. The molecule has 536 valence electrons. The summed E-state index contributed by atoms with van der Waals surface area (Å²) in [6.45, 7) is 9.46. The topological polar surface area (TPSA) is 326 Å². The molecule has 1 aliphatic carbocycles. The predicted octanol–water partition coefficient (Wildman–Crippen LogP) is 17.3. The van der Waals surface area contributed by atoms with Crippen LogP contribution in [-0.4, -0.2) is 69.7 Å². The van der Waals surface area contributed by atoms with Crippen molar-refractivity contribution in [3.05, 3.63) is 277 Å². The quantitative estimate of drug-likeness (QED) is 0.0132. The first-order chi connectivity index (χ1) is 50.3. The molecule has 0 unspecified atom stereocenters. The lowest BCUT2D eigenvalue weighted by atomic mass is 9.88. The molecule has 4 N–H and O–H groups in total. The monoisotopic (exact) mass is 1410 g/mol. The van der Waals surface area contributed by atoms with Crippen molar-refractivity contribution in [2.24, 2.45) is 0 Å². The zero-order valence-corrected chi connectivity index (χ0v) is 58.1. The van der Waals surface area contributed by atoms with Crippen LogP contribution in [0.15, 0.2) is 170 Å². The summed E-state index contributed by atoms with van der Waals surface area (Å²) in [5.41, 5.74) is 8.54. The van der Waals surface area contributed by atoms with E-state index in [0.717, 1.165) is 25.7 Å². The van der Waals surface area contributed by atoms with Gasteiger partial charge in [0, 0.05) is 121 Å². The maximum atomic E-state index is 13.9. The highest BCUT2D eigenvalue weighted by atomic mass is 16.6. The Labute approximate surface area is 601 Å². The number of non-ortho nitro benzene ring substituents is 4. The van der Waals surface area contributed by atoms with Crippen molar-refractivity contribution >= 4 is 93.4 Å². The number of benzene rings is 8. The molecule has 104 heavy (non-hydrogen) atoms. The Morgan fingerprint density at radius 3 is 0.644 bits per heavy atom. The number of rotatable bonds is 32. The van der Waals surface area contributed by atoms with E-state index in [1.807, 2.05) is 48.5 Å². The van der Waals surface area contributed by atoms with Gasteiger partial charge in [-0.15, -0.1) is 0 Å². The lowest BCUT2D eigenvalue weighted by Gasteiger charge is -2.24. The van der Waals surface area contributed by atoms with Gasteiger partial charge in [-0.05, 0) is 214 Å². The number of hydrogen-bond acceptors (Lipinski definition) is 16. The largest absolute Gasteiger partial charge is 0.493 e.